The van der Waals surface area contributed by atoms with E-state index in [1.807, 2.05) is 30.3 Å². The summed E-state index contributed by atoms with van der Waals surface area (Å²) in [6.45, 7) is 2.55. The predicted molar refractivity (Wildman–Crippen MR) is 118 cm³/mol. The van der Waals surface area contributed by atoms with Crippen LogP contribution in [0.2, 0.25) is 0 Å². The lowest BCUT2D eigenvalue weighted by atomic mass is 9.96. The molecule has 1 atom stereocenters. The number of hydrogen-bond donors (Lipinski definition) is 1. The van der Waals surface area contributed by atoms with Gasteiger partial charge >= 0.3 is 5.97 Å². The van der Waals surface area contributed by atoms with Gasteiger partial charge in [0.2, 0.25) is 0 Å². The second-order valence-electron chi connectivity index (χ2n) is 8.00. The third-order valence-electron chi connectivity index (χ3n) is 5.67. The molecule has 0 saturated carbocycles. The zero-order chi connectivity index (χ0) is 22.9. The minimum Gasteiger partial charge on any atom is -0.455 e. The maximum Gasteiger partial charge on any atom is 0.309 e. The molecule has 1 aliphatic heterocycles. The second-order valence-corrected chi connectivity index (χ2v) is 8.00. The number of carbonyl (C=O) groups excluding carboxylic acids is 3. The number of piperidine rings is 1. The summed E-state index contributed by atoms with van der Waals surface area (Å²) in [6, 6.07) is 15.0. The first-order valence-electron chi connectivity index (χ1n) is 11.0. The van der Waals surface area contributed by atoms with Crippen LogP contribution in [-0.4, -0.2) is 42.4 Å². The molecule has 0 aliphatic carbocycles. The molecule has 2 aromatic rings. The van der Waals surface area contributed by atoms with Gasteiger partial charge < -0.3 is 15.0 Å². The third-order valence-corrected chi connectivity index (χ3v) is 5.67. The maximum atomic E-state index is 13.1. The Morgan fingerprint density at radius 2 is 1.72 bits per heavy atom. The van der Waals surface area contributed by atoms with Gasteiger partial charge in [0.15, 0.2) is 6.61 Å². The summed E-state index contributed by atoms with van der Waals surface area (Å²) in [5, 5.41) is 2.94. The van der Waals surface area contributed by atoms with Gasteiger partial charge in [-0.05, 0) is 49.1 Å². The lowest BCUT2D eigenvalue weighted by Crippen LogP contribution is -2.41. The molecule has 1 aliphatic rings. The van der Waals surface area contributed by atoms with Crippen molar-refractivity contribution in [1.29, 1.82) is 0 Å². The fraction of sp³-hybridized carbons (Fsp3) is 0.400. The molecule has 170 valence electrons. The van der Waals surface area contributed by atoms with E-state index in [2.05, 4.69) is 12.2 Å². The number of hydrogen-bond acceptors (Lipinski definition) is 4. The van der Waals surface area contributed by atoms with Crippen LogP contribution in [0.25, 0.3) is 0 Å². The van der Waals surface area contributed by atoms with Gasteiger partial charge in [-0.1, -0.05) is 43.7 Å². The molecule has 2 amide bonds. The van der Waals surface area contributed by atoms with E-state index in [1.165, 1.54) is 24.3 Å². The molecule has 1 heterocycles. The zero-order valence-corrected chi connectivity index (χ0v) is 18.3. The number of esters is 1. The fourth-order valence-electron chi connectivity index (χ4n) is 3.88. The van der Waals surface area contributed by atoms with Crippen LogP contribution in [0.4, 0.5) is 4.39 Å². The number of ether oxygens (including phenoxy) is 1. The smallest absolute Gasteiger partial charge is 0.309 e. The Morgan fingerprint density at radius 1 is 1.06 bits per heavy atom. The molecule has 1 unspecified atom stereocenters. The summed E-state index contributed by atoms with van der Waals surface area (Å²) in [6.07, 6.45) is 2.64. The molecule has 3 rings (SSSR count). The SMILES string of the molecule is CCCC(NC(=O)COC(=O)C1CCN(C(=O)c2ccc(F)cc2)CC1)c1ccccc1. The van der Waals surface area contributed by atoms with E-state index in [9.17, 15) is 18.8 Å². The van der Waals surface area contributed by atoms with Crippen LogP contribution in [-0.2, 0) is 14.3 Å². The molecule has 6 nitrogen and oxygen atoms in total. The van der Waals surface area contributed by atoms with Crippen molar-refractivity contribution in [2.45, 2.75) is 38.6 Å². The highest BCUT2D eigenvalue weighted by Crippen LogP contribution is 2.21. The Kier molecular flexibility index (Phi) is 8.36. The highest BCUT2D eigenvalue weighted by Gasteiger charge is 2.29. The summed E-state index contributed by atoms with van der Waals surface area (Å²) in [7, 11) is 0. The number of nitrogens with zero attached hydrogens (tertiary/aromatic N) is 1. The number of halogens is 1. The van der Waals surface area contributed by atoms with Gasteiger partial charge in [-0.15, -0.1) is 0 Å². The van der Waals surface area contributed by atoms with Gasteiger partial charge in [0, 0.05) is 18.7 Å². The van der Waals surface area contributed by atoms with Crippen molar-refractivity contribution < 1.29 is 23.5 Å². The number of carbonyl (C=O) groups is 3. The van der Waals surface area contributed by atoms with E-state index in [0.29, 0.717) is 31.5 Å². The normalized spacial score (nSPS) is 15.1. The molecule has 1 saturated heterocycles. The first-order valence-corrected chi connectivity index (χ1v) is 11.0. The molecule has 2 aromatic carbocycles. The first-order chi connectivity index (χ1) is 15.5. The molecular formula is C25H29FN2O4. The van der Waals surface area contributed by atoms with Gasteiger partial charge in [-0.3, -0.25) is 14.4 Å². The number of amides is 2. The average Bonchev–Trinajstić information content (AvgIpc) is 2.83. The third kappa shape index (κ3) is 6.39. The van der Waals surface area contributed by atoms with Gasteiger partial charge in [0.1, 0.15) is 5.82 Å². The van der Waals surface area contributed by atoms with Crippen molar-refractivity contribution in [3.63, 3.8) is 0 Å². The Bertz CT molecular complexity index is 909. The van der Waals surface area contributed by atoms with Crippen LogP contribution in [0.3, 0.4) is 0 Å². The molecule has 0 bridgehead atoms. The zero-order valence-electron chi connectivity index (χ0n) is 18.3. The second kappa shape index (κ2) is 11.4. The summed E-state index contributed by atoms with van der Waals surface area (Å²) < 4.78 is 18.3. The molecule has 7 heteroatoms. The van der Waals surface area contributed by atoms with Crippen LogP contribution in [0.1, 0.15) is 54.6 Å². The van der Waals surface area contributed by atoms with E-state index in [-0.39, 0.29) is 30.4 Å². The van der Waals surface area contributed by atoms with Crippen LogP contribution >= 0.6 is 0 Å². The highest BCUT2D eigenvalue weighted by atomic mass is 19.1. The lowest BCUT2D eigenvalue weighted by molar-refractivity contribution is -0.154. The number of rotatable bonds is 8. The Labute approximate surface area is 187 Å². The molecule has 0 spiro atoms. The van der Waals surface area contributed by atoms with Crippen molar-refractivity contribution in [2.75, 3.05) is 19.7 Å². The Balaban J connectivity index is 1.44. The first kappa shape index (κ1) is 23.4. The molecular weight excluding hydrogens is 411 g/mol. The maximum absolute atomic E-state index is 13.1. The van der Waals surface area contributed by atoms with Gasteiger partial charge in [-0.2, -0.15) is 0 Å². The molecule has 0 radical (unpaired) electrons. The van der Waals surface area contributed by atoms with E-state index in [1.54, 1.807) is 4.90 Å². The standard InChI is InChI=1S/C25H29FN2O4/c1-2-6-22(18-7-4-3-5-8-18)27-23(29)17-32-25(31)20-13-15-28(16-14-20)24(30)19-9-11-21(26)12-10-19/h3-5,7-12,20,22H,2,6,13-17H2,1H3,(H,27,29). The van der Waals surface area contributed by atoms with E-state index < -0.39 is 11.8 Å². The van der Waals surface area contributed by atoms with Crippen molar-refractivity contribution in [1.82, 2.24) is 10.2 Å². The van der Waals surface area contributed by atoms with Gasteiger partial charge in [0.25, 0.3) is 11.8 Å². The predicted octanol–water partition coefficient (Wildman–Crippen LogP) is 3.88. The number of likely N-dealkylation sites (tertiary alicyclic amines) is 1. The van der Waals surface area contributed by atoms with Gasteiger partial charge in [-0.25, -0.2) is 4.39 Å². The summed E-state index contributed by atoms with van der Waals surface area (Å²) >= 11 is 0. The van der Waals surface area contributed by atoms with Crippen LogP contribution < -0.4 is 5.32 Å². The Hall–Kier alpha value is -3.22. The molecule has 0 aromatic heterocycles. The average molecular weight is 441 g/mol. The summed E-state index contributed by atoms with van der Waals surface area (Å²) in [5.41, 5.74) is 1.44. The fourth-order valence-corrected chi connectivity index (χ4v) is 3.88. The lowest BCUT2D eigenvalue weighted by Gasteiger charge is -2.31. The van der Waals surface area contributed by atoms with Crippen molar-refractivity contribution in [3.05, 3.63) is 71.5 Å². The minimum absolute atomic E-state index is 0.117. The van der Waals surface area contributed by atoms with E-state index in [4.69, 9.17) is 4.74 Å². The largest absolute Gasteiger partial charge is 0.455 e. The van der Waals surface area contributed by atoms with Crippen molar-refractivity contribution in [2.24, 2.45) is 5.92 Å². The Morgan fingerprint density at radius 3 is 2.34 bits per heavy atom. The number of benzene rings is 2. The number of nitrogens with one attached hydrogen (secondary N) is 1. The highest BCUT2D eigenvalue weighted by molar-refractivity contribution is 5.94. The van der Waals surface area contributed by atoms with Crippen LogP contribution in [0, 0.1) is 11.7 Å². The van der Waals surface area contributed by atoms with Crippen LogP contribution in [0.15, 0.2) is 54.6 Å². The molecule has 1 fully saturated rings. The van der Waals surface area contributed by atoms with E-state index >= 15 is 0 Å². The topological polar surface area (TPSA) is 75.7 Å². The van der Waals surface area contributed by atoms with Crippen molar-refractivity contribution >= 4 is 17.8 Å². The monoisotopic (exact) mass is 440 g/mol. The summed E-state index contributed by atoms with van der Waals surface area (Å²) in [5.74, 6) is -1.66. The van der Waals surface area contributed by atoms with Gasteiger partial charge in [0.05, 0.1) is 12.0 Å². The summed E-state index contributed by atoms with van der Waals surface area (Å²) in [4.78, 5) is 38.9. The van der Waals surface area contributed by atoms with E-state index in [0.717, 1.165) is 18.4 Å². The molecule has 32 heavy (non-hydrogen) atoms. The quantitative estimate of drug-likeness (QED) is 0.632. The van der Waals surface area contributed by atoms with Crippen LogP contribution in [0.5, 0.6) is 0 Å². The molecule has 1 N–H and O–H groups in total. The van der Waals surface area contributed by atoms with Crippen molar-refractivity contribution in [3.8, 4) is 0 Å². The minimum atomic E-state index is -0.416.